The van der Waals surface area contributed by atoms with Gasteiger partial charge >= 0.3 is 0 Å². The summed E-state index contributed by atoms with van der Waals surface area (Å²) in [6.07, 6.45) is 1.54. The molecule has 0 bridgehead atoms. The monoisotopic (exact) mass is 201 g/mol. The van der Waals surface area contributed by atoms with Crippen LogP contribution in [0, 0.1) is 0 Å². The topological polar surface area (TPSA) is 66.5 Å². The molecule has 4 N–H and O–H groups in total. The number of hydrogen-bond donors (Lipinski definition) is 3. The molecule has 4 heteroatoms. The molecule has 0 radical (unpaired) electrons. The summed E-state index contributed by atoms with van der Waals surface area (Å²) in [4.78, 5) is 0. The second kappa shape index (κ2) is 4.74. The molecule has 0 unspecified atom stereocenters. The van der Waals surface area contributed by atoms with Gasteiger partial charge in [0.15, 0.2) is 0 Å². The van der Waals surface area contributed by atoms with E-state index < -0.39 is 0 Å². The predicted octanol–water partition coefficient (Wildman–Crippen LogP) is 1.71. The van der Waals surface area contributed by atoms with Crippen LogP contribution in [0.5, 0.6) is 11.5 Å². The molecule has 1 rings (SSSR count). The van der Waals surface area contributed by atoms with Gasteiger partial charge in [0.25, 0.3) is 0 Å². The molecule has 1 aromatic rings. The van der Waals surface area contributed by atoms with E-state index in [0.717, 1.165) is 0 Å². The van der Waals surface area contributed by atoms with Crippen molar-refractivity contribution in [2.75, 3.05) is 0 Å². The molecule has 0 saturated heterocycles. The number of rotatable bonds is 2. The van der Waals surface area contributed by atoms with Crippen LogP contribution in [0.25, 0.3) is 0 Å². The SMILES string of the molecule is C=C[C@@H](N)c1cc(O)cc(O)c1.Cl. The first-order chi connectivity index (χ1) is 5.63. The molecule has 13 heavy (non-hydrogen) atoms. The minimum absolute atomic E-state index is 0. The molecule has 1 atom stereocenters. The minimum Gasteiger partial charge on any atom is -0.508 e. The predicted molar refractivity (Wildman–Crippen MR) is 54.1 cm³/mol. The lowest BCUT2D eigenvalue weighted by atomic mass is 10.1. The second-order valence-electron chi connectivity index (χ2n) is 2.54. The number of phenols is 2. The maximum atomic E-state index is 9.09. The maximum Gasteiger partial charge on any atom is 0.119 e. The van der Waals surface area contributed by atoms with Gasteiger partial charge in [-0.25, -0.2) is 0 Å². The van der Waals surface area contributed by atoms with Crippen molar-refractivity contribution in [1.29, 1.82) is 0 Å². The molecule has 0 heterocycles. The van der Waals surface area contributed by atoms with E-state index >= 15 is 0 Å². The summed E-state index contributed by atoms with van der Waals surface area (Å²) in [5.41, 5.74) is 6.23. The number of benzene rings is 1. The van der Waals surface area contributed by atoms with E-state index in [-0.39, 0.29) is 29.9 Å². The van der Waals surface area contributed by atoms with Crippen LogP contribution in [0.15, 0.2) is 30.9 Å². The normalized spacial score (nSPS) is 11.5. The van der Waals surface area contributed by atoms with Gasteiger partial charge in [0, 0.05) is 12.1 Å². The van der Waals surface area contributed by atoms with Crippen LogP contribution < -0.4 is 5.73 Å². The molecule has 0 aliphatic rings. The van der Waals surface area contributed by atoms with Crippen LogP contribution in [0.2, 0.25) is 0 Å². The largest absolute Gasteiger partial charge is 0.508 e. The Morgan fingerprint density at radius 2 is 1.69 bits per heavy atom. The molecular weight excluding hydrogens is 190 g/mol. The van der Waals surface area contributed by atoms with Gasteiger partial charge in [-0.1, -0.05) is 6.08 Å². The minimum atomic E-state index is -0.358. The lowest BCUT2D eigenvalue weighted by Crippen LogP contribution is -2.05. The smallest absolute Gasteiger partial charge is 0.119 e. The van der Waals surface area contributed by atoms with Gasteiger partial charge in [-0.2, -0.15) is 0 Å². The zero-order chi connectivity index (χ0) is 9.14. The zero-order valence-corrected chi connectivity index (χ0v) is 7.79. The highest BCUT2D eigenvalue weighted by Gasteiger charge is 2.03. The van der Waals surface area contributed by atoms with Crippen LogP contribution in [0.4, 0.5) is 0 Å². The molecule has 3 nitrogen and oxygen atoms in total. The van der Waals surface area contributed by atoms with E-state index in [1.807, 2.05) is 0 Å². The van der Waals surface area contributed by atoms with Crippen molar-refractivity contribution in [2.45, 2.75) is 6.04 Å². The summed E-state index contributed by atoms with van der Waals surface area (Å²) in [7, 11) is 0. The molecule has 0 aliphatic heterocycles. The number of phenolic OH excluding ortho intramolecular Hbond substituents is 2. The third-order valence-electron chi connectivity index (χ3n) is 1.56. The van der Waals surface area contributed by atoms with Gasteiger partial charge in [0.2, 0.25) is 0 Å². The first kappa shape index (κ1) is 11.8. The first-order valence-electron chi connectivity index (χ1n) is 3.54. The van der Waals surface area contributed by atoms with Gasteiger partial charge < -0.3 is 15.9 Å². The first-order valence-corrected chi connectivity index (χ1v) is 3.54. The summed E-state index contributed by atoms with van der Waals surface area (Å²) in [6.45, 7) is 3.51. The number of aromatic hydroxyl groups is 2. The Morgan fingerprint density at radius 3 is 2.08 bits per heavy atom. The summed E-state index contributed by atoms with van der Waals surface area (Å²) in [5, 5.41) is 18.2. The third-order valence-corrected chi connectivity index (χ3v) is 1.56. The average Bonchev–Trinajstić information content (AvgIpc) is 2.01. The zero-order valence-electron chi connectivity index (χ0n) is 6.97. The highest BCUT2D eigenvalue weighted by molar-refractivity contribution is 5.85. The van der Waals surface area contributed by atoms with Crippen LogP contribution in [0.1, 0.15) is 11.6 Å². The summed E-state index contributed by atoms with van der Waals surface area (Å²) < 4.78 is 0. The van der Waals surface area contributed by atoms with Crippen molar-refractivity contribution < 1.29 is 10.2 Å². The second-order valence-corrected chi connectivity index (χ2v) is 2.54. The van der Waals surface area contributed by atoms with Gasteiger partial charge in [0.05, 0.1) is 0 Å². The van der Waals surface area contributed by atoms with E-state index in [9.17, 15) is 0 Å². The molecular formula is C9H12ClNO2. The summed E-state index contributed by atoms with van der Waals surface area (Å²) in [6, 6.07) is 3.88. The summed E-state index contributed by atoms with van der Waals surface area (Å²) >= 11 is 0. The van der Waals surface area contributed by atoms with Gasteiger partial charge in [-0.3, -0.25) is 0 Å². The van der Waals surface area contributed by atoms with Crippen molar-refractivity contribution >= 4 is 12.4 Å². The standard InChI is InChI=1S/C9H11NO2.ClH/c1-2-9(10)6-3-7(11)5-8(12)4-6;/h2-5,9,11-12H,1,10H2;1H/t9-;/m1./s1. The fourth-order valence-corrected chi connectivity index (χ4v) is 0.947. The van der Waals surface area contributed by atoms with Crippen LogP contribution >= 0.6 is 12.4 Å². The quantitative estimate of drug-likeness (QED) is 0.639. The third kappa shape index (κ3) is 2.97. The van der Waals surface area contributed by atoms with Crippen molar-refractivity contribution in [3.63, 3.8) is 0 Å². The van der Waals surface area contributed by atoms with Gasteiger partial charge in [-0.05, 0) is 17.7 Å². The van der Waals surface area contributed by atoms with E-state index in [1.54, 1.807) is 0 Å². The Kier molecular flexibility index (Phi) is 4.31. The molecule has 0 fully saturated rings. The fourth-order valence-electron chi connectivity index (χ4n) is 0.947. The Balaban J connectivity index is 0.00000144. The molecule has 0 spiro atoms. The number of hydrogen-bond acceptors (Lipinski definition) is 3. The van der Waals surface area contributed by atoms with Gasteiger partial charge in [0.1, 0.15) is 11.5 Å². The van der Waals surface area contributed by atoms with E-state index in [4.69, 9.17) is 15.9 Å². The Labute approximate surface area is 82.9 Å². The fraction of sp³-hybridized carbons (Fsp3) is 0.111. The highest BCUT2D eigenvalue weighted by atomic mass is 35.5. The van der Waals surface area contributed by atoms with Gasteiger partial charge in [-0.15, -0.1) is 19.0 Å². The Morgan fingerprint density at radius 1 is 1.23 bits per heavy atom. The molecule has 0 amide bonds. The maximum absolute atomic E-state index is 9.09. The molecule has 0 saturated carbocycles. The Bertz CT molecular complexity index is 281. The average molecular weight is 202 g/mol. The van der Waals surface area contributed by atoms with E-state index in [2.05, 4.69) is 6.58 Å². The van der Waals surface area contributed by atoms with Crippen molar-refractivity contribution in [3.8, 4) is 11.5 Å². The van der Waals surface area contributed by atoms with E-state index in [0.29, 0.717) is 5.56 Å². The molecule has 0 aliphatic carbocycles. The van der Waals surface area contributed by atoms with Crippen LogP contribution in [0.3, 0.4) is 0 Å². The number of nitrogens with two attached hydrogens (primary N) is 1. The van der Waals surface area contributed by atoms with Crippen molar-refractivity contribution in [1.82, 2.24) is 0 Å². The van der Waals surface area contributed by atoms with Crippen molar-refractivity contribution in [2.24, 2.45) is 5.73 Å². The Hall–Kier alpha value is -1.19. The lowest BCUT2D eigenvalue weighted by molar-refractivity contribution is 0.449. The van der Waals surface area contributed by atoms with Crippen LogP contribution in [-0.2, 0) is 0 Å². The summed E-state index contributed by atoms with van der Waals surface area (Å²) in [5.74, 6) is 0.00426. The van der Waals surface area contributed by atoms with E-state index in [1.165, 1.54) is 24.3 Å². The lowest BCUT2D eigenvalue weighted by Gasteiger charge is -2.07. The number of halogens is 1. The van der Waals surface area contributed by atoms with Crippen LogP contribution in [-0.4, -0.2) is 10.2 Å². The molecule has 72 valence electrons. The van der Waals surface area contributed by atoms with Crippen molar-refractivity contribution in [3.05, 3.63) is 36.4 Å². The molecule has 0 aromatic heterocycles. The highest BCUT2D eigenvalue weighted by Crippen LogP contribution is 2.23. The molecule has 1 aromatic carbocycles.